The van der Waals surface area contributed by atoms with Crippen molar-refractivity contribution >= 4 is 29.8 Å². The van der Waals surface area contributed by atoms with Crippen molar-refractivity contribution in [1.29, 1.82) is 0 Å². The van der Waals surface area contributed by atoms with Crippen molar-refractivity contribution in [2.45, 2.75) is 58.1 Å². The molecule has 192 valence electrons. The number of ether oxygens (including phenoxy) is 1. The molecular formula is C27H32ClN3O5. The highest BCUT2D eigenvalue weighted by Crippen LogP contribution is 2.28. The van der Waals surface area contributed by atoms with Crippen LogP contribution in [0.4, 0.5) is 0 Å². The summed E-state index contributed by atoms with van der Waals surface area (Å²) in [5, 5.41) is 12.4. The molecule has 0 atom stereocenters. The summed E-state index contributed by atoms with van der Waals surface area (Å²) in [6, 6.07) is 7.22. The van der Waals surface area contributed by atoms with Gasteiger partial charge in [-0.2, -0.15) is 0 Å². The van der Waals surface area contributed by atoms with Gasteiger partial charge in [-0.25, -0.2) is 4.98 Å². The van der Waals surface area contributed by atoms with E-state index in [0.717, 1.165) is 24.7 Å². The van der Waals surface area contributed by atoms with Gasteiger partial charge in [0.2, 0.25) is 5.28 Å². The minimum absolute atomic E-state index is 0.158. The van der Waals surface area contributed by atoms with Gasteiger partial charge in [0, 0.05) is 25.8 Å². The van der Waals surface area contributed by atoms with Gasteiger partial charge in [-0.15, -0.1) is 0 Å². The van der Waals surface area contributed by atoms with Gasteiger partial charge in [0.05, 0.1) is 5.92 Å². The van der Waals surface area contributed by atoms with Crippen LogP contribution in [0.2, 0.25) is 5.28 Å². The zero-order valence-corrected chi connectivity index (χ0v) is 21.6. The number of carboxylic acids is 1. The van der Waals surface area contributed by atoms with Crippen LogP contribution in [0.25, 0.3) is 0 Å². The SMILES string of the molecule is COC(C)(C)C#Cc1nc(Cl)n(CCc2ccc(C=O)cc2)c1C(=O)NC[C@H]1CC[C@H](C(=O)O)CC1. The van der Waals surface area contributed by atoms with Crippen LogP contribution in [0.1, 0.15) is 71.6 Å². The number of aryl methyl sites for hydroxylation is 1. The largest absolute Gasteiger partial charge is 0.481 e. The molecule has 0 bridgehead atoms. The Morgan fingerprint density at radius 1 is 1.25 bits per heavy atom. The summed E-state index contributed by atoms with van der Waals surface area (Å²) in [5.41, 5.74) is 1.40. The summed E-state index contributed by atoms with van der Waals surface area (Å²) >= 11 is 6.46. The fourth-order valence-corrected chi connectivity index (χ4v) is 4.40. The lowest BCUT2D eigenvalue weighted by Gasteiger charge is -2.26. The van der Waals surface area contributed by atoms with Crippen LogP contribution in [0.5, 0.6) is 0 Å². The molecule has 1 saturated carbocycles. The lowest BCUT2D eigenvalue weighted by atomic mass is 9.82. The molecule has 1 aromatic carbocycles. The standard InChI is InChI=1S/C27H32ClN3O5/c1-27(2,36-3)14-12-22-23(24(33)29-16-19-8-10-21(11-9-19)25(34)35)31(26(28)30-22)15-13-18-4-6-20(17-32)7-5-18/h4-7,17,19,21H,8-11,13,15-16H2,1-3H3,(H,29,33)(H,34,35)/t19-,21-. The molecule has 0 aliphatic heterocycles. The maximum atomic E-state index is 13.3. The first-order chi connectivity index (χ1) is 17.1. The number of aldehydes is 1. The molecule has 1 aliphatic rings. The van der Waals surface area contributed by atoms with E-state index in [1.54, 1.807) is 23.8 Å². The van der Waals surface area contributed by atoms with Gasteiger partial charge >= 0.3 is 5.97 Å². The first-order valence-corrected chi connectivity index (χ1v) is 12.4. The van der Waals surface area contributed by atoms with E-state index in [-0.39, 0.29) is 34.4 Å². The average Bonchev–Trinajstić information content (AvgIpc) is 3.20. The van der Waals surface area contributed by atoms with E-state index in [0.29, 0.717) is 37.9 Å². The summed E-state index contributed by atoms with van der Waals surface area (Å²) < 4.78 is 7.01. The average molecular weight is 514 g/mol. The van der Waals surface area contributed by atoms with E-state index in [4.69, 9.17) is 16.3 Å². The smallest absolute Gasteiger partial charge is 0.306 e. The molecule has 0 radical (unpaired) electrons. The Bertz CT molecular complexity index is 1150. The maximum absolute atomic E-state index is 13.3. The van der Waals surface area contributed by atoms with Crippen molar-refractivity contribution < 1.29 is 24.2 Å². The number of rotatable bonds is 9. The topological polar surface area (TPSA) is 111 Å². The third-order valence-electron chi connectivity index (χ3n) is 6.62. The number of methoxy groups -OCH3 is 1. The Morgan fingerprint density at radius 2 is 1.92 bits per heavy atom. The van der Waals surface area contributed by atoms with Crippen molar-refractivity contribution in [3.05, 3.63) is 52.1 Å². The molecule has 0 spiro atoms. The molecular weight excluding hydrogens is 482 g/mol. The predicted octanol–water partition coefficient (Wildman–Crippen LogP) is 3.99. The molecule has 0 saturated heterocycles. The second-order valence-electron chi connectivity index (χ2n) is 9.57. The zero-order valence-electron chi connectivity index (χ0n) is 20.8. The van der Waals surface area contributed by atoms with Crippen molar-refractivity contribution in [2.24, 2.45) is 11.8 Å². The van der Waals surface area contributed by atoms with Gasteiger partial charge in [0.15, 0.2) is 0 Å². The van der Waals surface area contributed by atoms with E-state index in [9.17, 15) is 19.5 Å². The van der Waals surface area contributed by atoms with Crippen LogP contribution in [0.3, 0.4) is 0 Å². The number of imidazole rings is 1. The van der Waals surface area contributed by atoms with Crippen molar-refractivity contribution in [3.8, 4) is 11.8 Å². The third-order valence-corrected chi connectivity index (χ3v) is 6.90. The molecule has 2 aromatic rings. The number of aliphatic carboxylic acids is 1. The van der Waals surface area contributed by atoms with E-state index in [1.165, 1.54) is 0 Å². The summed E-state index contributed by atoms with van der Waals surface area (Å²) in [7, 11) is 1.56. The molecule has 1 amide bonds. The van der Waals surface area contributed by atoms with Gasteiger partial charge in [-0.3, -0.25) is 14.4 Å². The minimum atomic E-state index is -0.751. The van der Waals surface area contributed by atoms with Crippen LogP contribution in [-0.4, -0.2) is 52.1 Å². The number of carbonyl (C=O) groups is 3. The Labute approximate surface area is 216 Å². The Balaban J connectivity index is 1.79. The highest BCUT2D eigenvalue weighted by atomic mass is 35.5. The third kappa shape index (κ3) is 7.19. The Morgan fingerprint density at radius 3 is 2.50 bits per heavy atom. The number of nitrogens with one attached hydrogen (secondary N) is 1. The van der Waals surface area contributed by atoms with Crippen LogP contribution < -0.4 is 5.32 Å². The minimum Gasteiger partial charge on any atom is -0.481 e. The van der Waals surface area contributed by atoms with Crippen molar-refractivity contribution in [2.75, 3.05) is 13.7 Å². The number of benzene rings is 1. The molecule has 9 heteroatoms. The van der Waals surface area contributed by atoms with E-state index < -0.39 is 11.6 Å². The lowest BCUT2D eigenvalue weighted by molar-refractivity contribution is -0.143. The van der Waals surface area contributed by atoms with Crippen molar-refractivity contribution in [1.82, 2.24) is 14.9 Å². The van der Waals surface area contributed by atoms with Crippen molar-refractivity contribution in [3.63, 3.8) is 0 Å². The number of halogens is 1. The molecule has 1 fully saturated rings. The molecule has 8 nitrogen and oxygen atoms in total. The molecule has 1 aromatic heterocycles. The molecule has 1 aliphatic carbocycles. The zero-order chi connectivity index (χ0) is 26.3. The van der Waals surface area contributed by atoms with Gasteiger partial charge in [0.25, 0.3) is 5.91 Å². The Hall–Kier alpha value is -3.15. The molecule has 3 rings (SSSR count). The summed E-state index contributed by atoms with van der Waals surface area (Å²) in [4.78, 5) is 39.8. The highest BCUT2D eigenvalue weighted by Gasteiger charge is 2.27. The number of amides is 1. The van der Waals surface area contributed by atoms with E-state index >= 15 is 0 Å². The fourth-order valence-electron chi connectivity index (χ4n) is 4.15. The lowest BCUT2D eigenvalue weighted by Crippen LogP contribution is -2.34. The van der Waals surface area contributed by atoms with Gasteiger partial charge in [-0.05, 0) is 75.0 Å². The highest BCUT2D eigenvalue weighted by molar-refractivity contribution is 6.29. The number of hydrogen-bond acceptors (Lipinski definition) is 5. The van der Waals surface area contributed by atoms with E-state index in [1.807, 2.05) is 26.0 Å². The summed E-state index contributed by atoms with van der Waals surface area (Å²) in [6.07, 6.45) is 4.10. The number of carboxylic acid groups (broad SMARTS) is 1. The van der Waals surface area contributed by atoms with E-state index in [2.05, 4.69) is 22.1 Å². The van der Waals surface area contributed by atoms with Gasteiger partial charge in [-0.1, -0.05) is 30.2 Å². The quantitative estimate of drug-likeness (QED) is 0.387. The summed E-state index contributed by atoms with van der Waals surface area (Å²) in [5.74, 6) is 4.79. The molecule has 0 unspecified atom stereocenters. The molecule has 36 heavy (non-hydrogen) atoms. The fraction of sp³-hybridized carbons (Fsp3) is 0.481. The van der Waals surface area contributed by atoms with Crippen LogP contribution in [-0.2, 0) is 22.5 Å². The van der Waals surface area contributed by atoms with Gasteiger partial charge < -0.3 is 19.7 Å². The maximum Gasteiger partial charge on any atom is 0.306 e. The number of nitrogens with zero attached hydrogens (tertiary/aromatic N) is 2. The monoisotopic (exact) mass is 513 g/mol. The van der Waals surface area contributed by atoms with Crippen LogP contribution in [0, 0.1) is 23.7 Å². The number of hydrogen-bond donors (Lipinski definition) is 2. The normalized spacial score (nSPS) is 17.7. The van der Waals surface area contributed by atoms with Crippen LogP contribution in [0.15, 0.2) is 24.3 Å². The predicted molar refractivity (Wildman–Crippen MR) is 136 cm³/mol. The molecule has 2 N–H and O–H groups in total. The first kappa shape index (κ1) is 27.4. The Kier molecular flexibility index (Phi) is 9.30. The first-order valence-electron chi connectivity index (χ1n) is 12.0. The van der Waals surface area contributed by atoms with Gasteiger partial charge in [0.1, 0.15) is 23.3 Å². The number of aromatic nitrogens is 2. The molecule has 1 heterocycles. The second kappa shape index (κ2) is 12.2. The van der Waals surface area contributed by atoms with Crippen LogP contribution >= 0.6 is 11.6 Å². The second-order valence-corrected chi connectivity index (χ2v) is 9.91. The summed E-state index contributed by atoms with van der Waals surface area (Å²) in [6.45, 7) is 4.47. The number of carbonyl (C=O) groups excluding carboxylic acids is 2.